The molecule has 0 unspecified atom stereocenters. The maximum Gasteiger partial charge on any atom is 0.319 e. The summed E-state index contributed by atoms with van der Waals surface area (Å²) in [6.07, 6.45) is 0.0449. The van der Waals surface area contributed by atoms with E-state index in [1.54, 1.807) is 18.2 Å². The number of hydrogen-bond acceptors (Lipinski definition) is 4. The number of hydrogen-bond donors (Lipinski definition) is 4. The number of carbonyl (C=O) groups excluding carboxylic acids is 2. The monoisotopic (exact) mass is 359 g/mol. The molecule has 1 aromatic carbocycles. The highest BCUT2D eigenvalue weighted by Gasteiger charge is 2.22. The third kappa shape index (κ3) is 4.97. The molecule has 3 amide bonds. The SMILES string of the molecule is CCNC(=O)Nc1ccc(C(=O)NN)cc1N1CCC(F)CC1.Cl. The summed E-state index contributed by atoms with van der Waals surface area (Å²) >= 11 is 0. The van der Waals surface area contributed by atoms with Gasteiger partial charge in [-0.15, -0.1) is 12.4 Å². The second-order valence-electron chi connectivity index (χ2n) is 5.35. The van der Waals surface area contributed by atoms with Gasteiger partial charge in [0.15, 0.2) is 0 Å². The fraction of sp³-hybridized carbons (Fsp3) is 0.467. The van der Waals surface area contributed by atoms with E-state index in [-0.39, 0.29) is 18.4 Å². The van der Waals surface area contributed by atoms with Gasteiger partial charge in [-0.1, -0.05) is 0 Å². The van der Waals surface area contributed by atoms with E-state index in [1.165, 1.54) is 0 Å². The average Bonchev–Trinajstić information content (AvgIpc) is 2.55. The van der Waals surface area contributed by atoms with Gasteiger partial charge in [-0.3, -0.25) is 10.2 Å². The van der Waals surface area contributed by atoms with Gasteiger partial charge in [-0.05, 0) is 38.0 Å². The van der Waals surface area contributed by atoms with Crippen molar-refractivity contribution in [1.29, 1.82) is 0 Å². The Morgan fingerprint density at radius 3 is 2.58 bits per heavy atom. The fourth-order valence-electron chi connectivity index (χ4n) is 2.54. The van der Waals surface area contributed by atoms with Crippen molar-refractivity contribution in [3.05, 3.63) is 23.8 Å². The second-order valence-corrected chi connectivity index (χ2v) is 5.35. The van der Waals surface area contributed by atoms with E-state index in [1.807, 2.05) is 11.8 Å². The molecule has 0 radical (unpaired) electrons. The molecule has 1 fully saturated rings. The number of nitrogens with zero attached hydrogens (tertiary/aromatic N) is 1. The first-order valence-electron chi connectivity index (χ1n) is 7.64. The maximum absolute atomic E-state index is 13.4. The average molecular weight is 360 g/mol. The molecular weight excluding hydrogens is 337 g/mol. The third-order valence-electron chi connectivity index (χ3n) is 3.74. The Hall–Kier alpha value is -2.06. The number of carbonyl (C=O) groups is 2. The molecule has 1 aromatic rings. The maximum atomic E-state index is 13.4. The van der Waals surface area contributed by atoms with E-state index in [0.717, 1.165) is 0 Å². The van der Waals surface area contributed by atoms with Gasteiger partial charge in [0.1, 0.15) is 6.17 Å². The van der Waals surface area contributed by atoms with Crippen molar-refractivity contribution in [1.82, 2.24) is 10.7 Å². The van der Waals surface area contributed by atoms with Gasteiger partial charge in [0.05, 0.1) is 11.4 Å². The minimum Gasteiger partial charge on any atom is -0.370 e. The lowest BCUT2D eigenvalue weighted by Crippen LogP contribution is -2.36. The molecule has 2 rings (SSSR count). The molecule has 9 heteroatoms. The molecule has 0 bridgehead atoms. The van der Waals surface area contributed by atoms with E-state index in [9.17, 15) is 14.0 Å². The van der Waals surface area contributed by atoms with Crippen LogP contribution >= 0.6 is 12.4 Å². The largest absolute Gasteiger partial charge is 0.370 e. The van der Waals surface area contributed by atoms with E-state index in [4.69, 9.17) is 5.84 Å². The lowest BCUT2D eigenvalue weighted by atomic mass is 10.1. The number of amides is 3. The van der Waals surface area contributed by atoms with Gasteiger partial charge in [0.2, 0.25) is 0 Å². The van der Waals surface area contributed by atoms with E-state index in [0.29, 0.717) is 49.4 Å². The molecule has 24 heavy (non-hydrogen) atoms. The second kappa shape index (κ2) is 9.29. The molecule has 0 saturated carbocycles. The zero-order valence-corrected chi connectivity index (χ0v) is 14.3. The first-order valence-corrected chi connectivity index (χ1v) is 7.64. The van der Waals surface area contributed by atoms with Crippen molar-refractivity contribution in [2.75, 3.05) is 29.9 Å². The number of urea groups is 1. The minimum absolute atomic E-state index is 0. The number of piperidine rings is 1. The lowest BCUT2D eigenvalue weighted by Gasteiger charge is -2.32. The topological polar surface area (TPSA) is 99.5 Å². The van der Waals surface area contributed by atoms with E-state index >= 15 is 0 Å². The summed E-state index contributed by atoms with van der Waals surface area (Å²) in [7, 11) is 0. The summed E-state index contributed by atoms with van der Waals surface area (Å²) in [5, 5.41) is 5.41. The Balaban J connectivity index is 0.00000288. The van der Waals surface area contributed by atoms with Crippen LogP contribution < -0.4 is 26.8 Å². The number of hydrazine groups is 1. The van der Waals surface area contributed by atoms with Crippen molar-refractivity contribution < 1.29 is 14.0 Å². The predicted octanol–water partition coefficient (Wildman–Crippen LogP) is 1.79. The number of rotatable bonds is 4. The number of nitrogens with two attached hydrogens (primary N) is 1. The fourth-order valence-corrected chi connectivity index (χ4v) is 2.54. The van der Waals surface area contributed by atoms with E-state index < -0.39 is 12.1 Å². The Morgan fingerprint density at radius 2 is 2.00 bits per heavy atom. The Labute approximate surface area is 146 Å². The van der Waals surface area contributed by atoms with Crippen LogP contribution in [-0.4, -0.2) is 37.7 Å². The normalized spacial score (nSPS) is 14.5. The molecule has 5 N–H and O–H groups in total. The first-order chi connectivity index (χ1) is 11.0. The minimum atomic E-state index is -0.804. The first kappa shape index (κ1) is 20.0. The summed E-state index contributed by atoms with van der Waals surface area (Å²) in [4.78, 5) is 25.5. The van der Waals surface area contributed by atoms with Crippen LogP contribution in [0.4, 0.5) is 20.6 Å². The summed E-state index contributed by atoms with van der Waals surface area (Å²) in [6, 6.07) is 4.55. The highest BCUT2D eigenvalue weighted by molar-refractivity contribution is 5.98. The van der Waals surface area contributed by atoms with Crippen LogP contribution in [0.3, 0.4) is 0 Å². The molecule has 7 nitrogen and oxygen atoms in total. The van der Waals surface area contributed by atoms with Crippen molar-refractivity contribution in [2.45, 2.75) is 25.9 Å². The summed E-state index contributed by atoms with van der Waals surface area (Å²) in [6.45, 7) is 3.38. The Morgan fingerprint density at radius 1 is 1.33 bits per heavy atom. The lowest BCUT2D eigenvalue weighted by molar-refractivity contribution is 0.0953. The quantitative estimate of drug-likeness (QED) is 0.374. The van der Waals surface area contributed by atoms with Crippen LogP contribution in [0, 0.1) is 0 Å². The molecule has 1 aliphatic rings. The van der Waals surface area contributed by atoms with Crippen molar-refractivity contribution in [3.63, 3.8) is 0 Å². The molecule has 0 atom stereocenters. The molecule has 134 valence electrons. The number of nitrogen functional groups attached to an aromatic ring is 1. The van der Waals surface area contributed by atoms with Crippen LogP contribution in [0.25, 0.3) is 0 Å². The van der Waals surface area contributed by atoms with Gasteiger partial charge >= 0.3 is 6.03 Å². The summed E-state index contributed by atoms with van der Waals surface area (Å²) in [5.41, 5.74) is 3.72. The zero-order valence-electron chi connectivity index (χ0n) is 13.5. The van der Waals surface area contributed by atoms with Crippen LogP contribution in [0.1, 0.15) is 30.1 Å². The highest BCUT2D eigenvalue weighted by Crippen LogP contribution is 2.30. The Kier molecular flexibility index (Phi) is 7.73. The van der Waals surface area contributed by atoms with E-state index in [2.05, 4.69) is 16.1 Å². The standard InChI is InChI=1S/C15H22FN5O2.ClH/c1-2-18-15(23)19-12-4-3-10(14(22)20-17)9-13(12)21-7-5-11(16)6-8-21;/h3-4,9,11H,2,5-8,17H2,1H3,(H,20,22)(H2,18,19,23);1H. The number of nitrogens with one attached hydrogen (secondary N) is 3. The molecule has 1 aliphatic heterocycles. The van der Waals surface area contributed by atoms with Crippen LogP contribution in [0.5, 0.6) is 0 Å². The van der Waals surface area contributed by atoms with Crippen molar-refractivity contribution in [3.8, 4) is 0 Å². The molecule has 0 aliphatic carbocycles. The van der Waals surface area contributed by atoms with Gasteiger partial charge in [0.25, 0.3) is 5.91 Å². The number of benzene rings is 1. The smallest absolute Gasteiger partial charge is 0.319 e. The molecule has 1 saturated heterocycles. The molecule has 0 aromatic heterocycles. The van der Waals surface area contributed by atoms with Crippen molar-refractivity contribution >= 4 is 35.7 Å². The third-order valence-corrected chi connectivity index (χ3v) is 3.74. The number of anilines is 2. The summed E-state index contributed by atoms with van der Waals surface area (Å²) < 4.78 is 13.4. The molecular formula is C15H23ClFN5O2. The van der Waals surface area contributed by atoms with Gasteiger partial charge in [-0.2, -0.15) is 0 Å². The summed E-state index contributed by atoms with van der Waals surface area (Å²) in [5.74, 6) is 4.75. The zero-order chi connectivity index (χ0) is 16.8. The highest BCUT2D eigenvalue weighted by atomic mass is 35.5. The Bertz CT molecular complexity index is 579. The van der Waals surface area contributed by atoms with Gasteiger partial charge in [-0.25, -0.2) is 15.0 Å². The number of alkyl halides is 1. The van der Waals surface area contributed by atoms with Crippen molar-refractivity contribution in [2.24, 2.45) is 5.84 Å². The van der Waals surface area contributed by atoms with Gasteiger partial charge < -0.3 is 15.5 Å². The predicted molar refractivity (Wildman–Crippen MR) is 94.4 cm³/mol. The number of halogens is 2. The van der Waals surface area contributed by atoms with Gasteiger partial charge in [0, 0.05) is 25.2 Å². The van der Waals surface area contributed by atoms with Crippen LogP contribution in [0.15, 0.2) is 18.2 Å². The van der Waals surface area contributed by atoms with Crippen LogP contribution in [-0.2, 0) is 0 Å². The molecule has 1 heterocycles. The van der Waals surface area contributed by atoms with Crippen LogP contribution in [0.2, 0.25) is 0 Å². The molecule has 0 spiro atoms.